The van der Waals surface area contributed by atoms with E-state index < -0.39 is 10.0 Å². The SMILES string of the molecule is CCC(N)c1cccc(S(=O)(=O)Nc2nc(C)ns2)c1. The topological polar surface area (TPSA) is 98.0 Å². The van der Waals surface area contributed by atoms with Gasteiger partial charge in [0, 0.05) is 17.6 Å². The van der Waals surface area contributed by atoms with Crippen molar-refractivity contribution in [1.29, 1.82) is 0 Å². The molecule has 1 aromatic carbocycles. The van der Waals surface area contributed by atoms with Gasteiger partial charge in [-0.25, -0.2) is 13.4 Å². The van der Waals surface area contributed by atoms with Crippen LogP contribution in [0.15, 0.2) is 29.2 Å². The molecule has 0 amide bonds. The summed E-state index contributed by atoms with van der Waals surface area (Å²) in [5.41, 5.74) is 6.72. The van der Waals surface area contributed by atoms with E-state index in [9.17, 15) is 8.42 Å². The molecule has 1 atom stereocenters. The van der Waals surface area contributed by atoms with E-state index in [2.05, 4.69) is 14.1 Å². The molecule has 0 aliphatic heterocycles. The van der Waals surface area contributed by atoms with Gasteiger partial charge in [-0.15, -0.1) is 0 Å². The van der Waals surface area contributed by atoms with Crippen molar-refractivity contribution in [2.75, 3.05) is 4.72 Å². The molecule has 1 heterocycles. The molecule has 20 heavy (non-hydrogen) atoms. The van der Waals surface area contributed by atoms with Gasteiger partial charge in [0.2, 0.25) is 5.13 Å². The first-order chi connectivity index (χ1) is 9.42. The zero-order valence-electron chi connectivity index (χ0n) is 11.2. The molecule has 0 fully saturated rings. The molecule has 6 nitrogen and oxygen atoms in total. The average Bonchev–Trinajstić information content (AvgIpc) is 2.82. The van der Waals surface area contributed by atoms with Gasteiger partial charge in [-0.05, 0) is 31.0 Å². The Kier molecular flexibility index (Phi) is 4.36. The van der Waals surface area contributed by atoms with Gasteiger partial charge in [0.1, 0.15) is 5.82 Å². The highest BCUT2D eigenvalue weighted by molar-refractivity contribution is 7.93. The second-order valence-corrected chi connectivity index (χ2v) is 6.77. The molecule has 3 N–H and O–H groups in total. The van der Waals surface area contributed by atoms with Crippen molar-refractivity contribution in [2.24, 2.45) is 5.73 Å². The van der Waals surface area contributed by atoms with Gasteiger partial charge in [-0.2, -0.15) is 4.37 Å². The maximum atomic E-state index is 12.3. The second kappa shape index (κ2) is 5.86. The van der Waals surface area contributed by atoms with Crippen LogP contribution >= 0.6 is 11.5 Å². The zero-order valence-corrected chi connectivity index (χ0v) is 12.8. The van der Waals surface area contributed by atoms with Crippen molar-refractivity contribution in [3.05, 3.63) is 35.7 Å². The van der Waals surface area contributed by atoms with Gasteiger partial charge in [0.05, 0.1) is 4.90 Å². The lowest BCUT2D eigenvalue weighted by atomic mass is 10.1. The van der Waals surface area contributed by atoms with Gasteiger partial charge in [0.25, 0.3) is 10.0 Å². The molecule has 1 aromatic heterocycles. The maximum absolute atomic E-state index is 12.3. The van der Waals surface area contributed by atoms with Crippen LogP contribution in [-0.4, -0.2) is 17.8 Å². The Hall–Kier alpha value is -1.51. The fourth-order valence-electron chi connectivity index (χ4n) is 1.66. The van der Waals surface area contributed by atoms with Gasteiger partial charge < -0.3 is 5.73 Å². The van der Waals surface area contributed by atoms with E-state index in [4.69, 9.17) is 5.73 Å². The third kappa shape index (κ3) is 3.33. The number of benzene rings is 1. The number of aromatic nitrogens is 2. The lowest BCUT2D eigenvalue weighted by Gasteiger charge is -2.11. The molecule has 1 unspecified atom stereocenters. The lowest BCUT2D eigenvalue weighted by Crippen LogP contribution is -2.14. The molecule has 0 saturated carbocycles. The molecule has 8 heteroatoms. The highest BCUT2D eigenvalue weighted by Crippen LogP contribution is 2.21. The van der Waals surface area contributed by atoms with E-state index in [0.29, 0.717) is 5.82 Å². The van der Waals surface area contributed by atoms with E-state index in [1.165, 1.54) is 6.07 Å². The molecule has 2 aromatic rings. The first kappa shape index (κ1) is 14.9. The van der Waals surface area contributed by atoms with Crippen LogP contribution in [0.2, 0.25) is 0 Å². The summed E-state index contributed by atoms with van der Waals surface area (Å²) in [6.07, 6.45) is 0.743. The Balaban J connectivity index is 2.29. The van der Waals surface area contributed by atoms with Gasteiger partial charge in [-0.3, -0.25) is 4.72 Å². The monoisotopic (exact) mass is 312 g/mol. The Morgan fingerprint density at radius 2 is 2.20 bits per heavy atom. The predicted octanol–water partition coefficient (Wildman–Crippen LogP) is 2.06. The summed E-state index contributed by atoms with van der Waals surface area (Å²) >= 11 is 1.01. The average molecular weight is 312 g/mol. The molecular weight excluding hydrogens is 296 g/mol. The second-order valence-electron chi connectivity index (χ2n) is 4.34. The number of hydrogen-bond acceptors (Lipinski definition) is 6. The van der Waals surface area contributed by atoms with E-state index in [0.717, 1.165) is 23.5 Å². The van der Waals surface area contributed by atoms with Crippen molar-refractivity contribution >= 4 is 26.7 Å². The zero-order chi connectivity index (χ0) is 14.8. The summed E-state index contributed by atoms with van der Waals surface area (Å²) in [5.74, 6) is 0.537. The van der Waals surface area contributed by atoms with E-state index in [-0.39, 0.29) is 16.1 Å². The number of hydrogen-bond donors (Lipinski definition) is 2. The Bertz CT molecular complexity index is 697. The lowest BCUT2D eigenvalue weighted by molar-refractivity contribution is 0.600. The van der Waals surface area contributed by atoms with E-state index in [1.807, 2.05) is 13.0 Å². The normalized spacial score (nSPS) is 13.2. The van der Waals surface area contributed by atoms with Crippen LogP contribution in [0.3, 0.4) is 0 Å². The predicted molar refractivity (Wildman–Crippen MR) is 79.1 cm³/mol. The van der Waals surface area contributed by atoms with Crippen molar-refractivity contribution in [1.82, 2.24) is 9.36 Å². The van der Waals surface area contributed by atoms with Crippen molar-refractivity contribution in [2.45, 2.75) is 31.2 Å². The maximum Gasteiger partial charge on any atom is 0.263 e. The van der Waals surface area contributed by atoms with Crippen LogP contribution in [0.5, 0.6) is 0 Å². The van der Waals surface area contributed by atoms with E-state index >= 15 is 0 Å². The highest BCUT2D eigenvalue weighted by Gasteiger charge is 2.17. The molecule has 2 rings (SSSR count). The van der Waals surface area contributed by atoms with Crippen LogP contribution in [0.25, 0.3) is 0 Å². The molecular formula is C12H16N4O2S2. The van der Waals surface area contributed by atoms with Crippen LogP contribution in [0, 0.1) is 6.92 Å². The number of anilines is 1. The van der Waals surface area contributed by atoms with Gasteiger partial charge in [-0.1, -0.05) is 19.1 Å². The van der Waals surface area contributed by atoms with Crippen LogP contribution in [0.4, 0.5) is 5.13 Å². The first-order valence-corrected chi connectivity index (χ1v) is 8.36. The van der Waals surface area contributed by atoms with Crippen LogP contribution in [0.1, 0.15) is 30.8 Å². The number of sulfonamides is 1. The fraction of sp³-hybridized carbons (Fsp3) is 0.333. The summed E-state index contributed by atoms with van der Waals surface area (Å²) in [5, 5.41) is 0.257. The molecule has 0 aliphatic carbocycles. The third-order valence-corrected chi connectivity index (χ3v) is 4.97. The molecule has 0 saturated heterocycles. The number of rotatable bonds is 5. The van der Waals surface area contributed by atoms with Crippen LogP contribution in [-0.2, 0) is 10.0 Å². The standard InChI is InChI=1S/C12H16N4O2S2/c1-3-11(13)9-5-4-6-10(7-9)20(17,18)16-12-14-8(2)15-19-12/h4-7,11H,3,13H2,1-2H3,(H,14,15,16). The fourth-order valence-corrected chi connectivity index (χ4v) is 3.51. The Morgan fingerprint density at radius 3 is 2.80 bits per heavy atom. The number of aryl methyl sites for hydroxylation is 1. The Morgan fingerprint density at radius 1 is 1.45 bits per heavy atom. The summed E-state index contributed by atoms with van der Waals surface area (Å²) in [6, 6.07) is 6.45. The minimum Gasteiger partial charge on any atom is -0.324 e. The van der Waals surface area contributed by atoms with Gasteiger partial charge >= 0.3 is 0 Å². The van der Waals surface area contributed by atoms with Gasteiger partial charge in [0.15, 0.2) is 0 Å². The number of nitrogens with one attached hydrogen (secondary N) is 1. The smallest absolute Gasteiger partial charge is 0.263 e. The minimum atomic E-state index is -3.66. The highest BCUT2D eigenvalue weighted by atomic mass is 32.2. The molecule has 0 bridgehead atoms. The summed E-state index contributed by atoms with van der Waals surface area (Å²) in [4.78, 5) is 4.16. The largest absolute Gasteiger partial charge is 0.324 e. The Labute approximate surface area is 122 Å². The first-order valence-electron chi connectivity index (χ1n) is 6.11. The minimum absolute atomic E-state index is 0.172. The molecule has 108 valence electrons. The number of nitrogens with zero attached hydrogens (tertiary/aromatic N) is 2. The summed E-state index contributed by atoms with van der Waals surface area (Å²) in [7, 11) is -3.66. The van der Waals surface area contributed by atoms with Crippen LogP contribution < -0.4 is 10.5 Å². The molecule has 0 spiro atoms. The van der Waals surface area contributed by atoms with Crippen molar-refractivity contribution in [3.63, 3.8) is 0 Å². The quantitative estimate of drug-likeness (QED) is 0.880. The van der Waals surface area contributed by atoms with E-state index in [1.54, 1.807) is 19.1 Å². The summed E-state index contributed by atoms with van der Waals surface area (Å²) < 4.78 is 30.9. The molecule has 0 aliphatic rings. The molecule has 0 radical (unpaired) electrons. The van der Waals surface area contributed by atoms with Crippen molar-refractivity contribution in [3.8, 4) is 0 Å². The summed E-state index contributed by atoms with van der Waals surface area (Å²) in [6.45, 7) is 3.66. The number of nitrogens with two attached hydrogens (primary N) is 1. The third-order valence-electron chi connectivity index (χ3n) is 2.79. The van der Waals surface area contributed by atoms with Crippen molar-refractivity contribution < 1.29 is 8.42 Å².